The minimum absolute atomic E-state index is 0.104. The van der Waals surface area contributed by atoms with Crippen molar-refractivity contribution in [2.24, 2.45) is 0 Å². The molecule has 0 radical (unpaired) electrons. The van der Waals surface area contributed by atoms with E-state index in [-0.39, 0.29) is 29.3 Å². The Morgan fingerprint density at radius 1 is 1.09 bits per heavy atom. The van der Waals surface area contributed by atoms with Gasteiger partial charge in [-0.3, -0.25) is 4.79 Å². The lowest BCUT2D eigenvalue weighted by atomic mass is 10.1. The lowest BCUT2D eigenvalue weighted by Gasteiger charge is -2.43. The first-order valence-corrected chi connectivity index (χ1v) is 13.7. The van der Waals surface area contributed by atoms with Gasteiger partial charge in [0.1, 0.15) is 6.10 Å². The van der Waals surface area contributed by atoms with Crippen LogP contribution in [0.15, 0.2) is 71.7 Å². The van der Waals surface area contributed by atoms with Crippen LogP contribution in [0.4, 0.5) is 0 Å². The molecule has 0 amide bonds. The molecule has 2 aromatic rings. The smallest absolute Gasteiger partial charge is 0.302 e. The molecule has 172 valence electrons. The third-order valence-electron chi connectivity index (χ3n) is 5.92. The third kappa shape index (κ3) is 5.60. The Bertz CT molecular complexity index is 847. The van der Waals surface area contributed by atoms with Crippen molar-refractivity contribution in [2.75, 3.05) is 6.61 Å². The van der Waals surface area contributed by atoms with Gasteiger partial charge in [-0.2, -0.15) is 0 Å². The van der Waals surface area contributed by atoms with Crippen LogP contribution >= 0.6 is 15.9 Å². The summed E-state index contributed by atoms with van der Waals surface area (Å²) in [6.07, 6.45) is 0.530. The van der Waals surface area contributed by atoms with E-state index < -0.39 is 8.32 Å². The summed E-state index contributed by atoms with van der Waals surface area (Å²) in [5, 5.41) is 2.37. The van der Waals surface area contributed by atoms with Gasteiger partial charge in [-0.25, -0.2) is 0 Å². The molecule has 1 fully saturated rings. The summed E-state index contributed by atoms with van der Waals surface area (Å²) in [7, 11) is -2.64. The Morgan fingerprint density at radius 3 is 2.06 bits per heavy atom. The van der Waals surface area contributed by atoms with Crippen molar-refractivity contribution >= 4 is 40.6 Å². The lowest BCUT2D eigenvalue weighted by molar-refractivity contribution is -0.149. The monoisotopic (exact) mass is 516 g/mol. The third-order valence-corrected chi connectivity index (χ3v) is 11.2. The normalized spacial score (nSPS) is 21.3. The second-order valence-electron chi connectivity index (χ2n) is 9.38. The summed E-state index contributed by atoms with van der Waals surface area (Å²) in [6, 6.07) is 21.1. The van der Waals surface area contributed by atoms with Gasteiger partial charge in [-0.15, -0.1) is 0 Å². The van der Waals surface area contributed by atoms with Crippen LogP contribution in [-0.4, -0.2) is 39.2 Å². The van der Waals surface area contributed by atoms with E-state index in [2.05, 4.69) is 91.8 Å². The number of benzene rings is 2. The minimum atomic E-state index is -2.64. The molecule has 1 aliphatic rings. The number of hydrogen-bond donors (Lipinski definition) is 0. The molecular formula is C26H33BrO4Si. The number of carbonyl (C=O) groups is 1. The average molecular weight is 518 g/mol. The number of ether oxygens (including phenoxy) is 2. The quantitative estimate of drug-likeness (QED) is 0.367. The predicted octanol–water partition coefficient (Wildman–Crippen LogP) is 4.95. The van der Waals surface area contributed by atoms with Crippen molar-refractivity contribution in [3.05, 3.63) is 71.7 Å². The first kappa shape index (κ1) is 24.9. The molecule has 1 unspecified atom stereocenters. The van der Waals surface area contributed by atoms with Crippen molar-refractivity contribution in [2.45, 2.75) is 63.9 Å². The highest BCUT2D eigenvalue weighted by Gasteiger charge is 2.51. The van der Waals surface area contributed by atoms with Gasteiger partial charge in [-0.1, -0.05) is 104 Å². The number of carbonyl (C=O) groups excluding carboxylic acids is 1. The fraction of sp³-hybridized carbons (Fsp3) is 0.423. The maximum absolute atomic E-state index is 11.6. The molecule has 1 aliphatic heterocycles. The van der Waals surface area contributed by atoms with Gasteiger partial charge in [0.05, 0.1) is 18.8 Å². The Kier molecular flexibility index (Phi) is 8.14. The fourth-order valence-electron chi connectivity index (χ4n) is 4.62. The first-order chi connectivity index (χ1) is 15.1. The number of esters is 1. The molecule has 0 spiro atoms. The highest BCUT2D eigenvalue weighted by molar-refractivity contribution is 9.11. The molecule has 3 atom stereocenters. The molecule has 0 N–H and O–H groups in total. The predicted molar refractivity (Wildman–Crippen MR) is 135 cm³/mol. The zero-order valence-electron chi connectivity index (χ0n) is 19.3. The Labute approximate surface area is 201 Å². The summed E-state index contributed by atoms with van der Waals surface area (Å²) in [6.45, 7) is 12.6. The standard InChI is InChI=1S/C26H33BrO4Si/c1-19(27)16-24-25(30-20(2)28)17-21(31-24)18-29-32(26(3,4)5,22-12-8-6-9-13-22)23-14-10-7-11-15-23/h6-15,21,24-25H,1,16-18H2,2-5H3/t21-,24?,25-/m0/s1. The second kappa shape index (κ2) is 10.5. The van der Waals surface area contributed by atoms with E-state index in [1.807, 2.05) is 12.1 Å². The zero-order chi connectivity index (χ0) is 23.4. The molecule has 3 rings (SSSR count). The van der Waals surface area contributed by atoms with Gasteiger partial charge in [0.25, 0.3) is 8.32 Å². The average Bonchev–Trinajstić information content (AvgIpc) is 3.09. The van der Waals surface area contributed by atoms with Crippen LogP contribution in [0.25, 0.3) is 0 Å². The van der Waals surface area contributed by atoms with Gasteiger partial charge in [0.15, 0.2) is 0 Å². The molecule has 1 heterocycles. The maximum atomic E-state index is 11.6. The Morgan fingerprint density at radius 2 is 1.62 bits per heavy atom. The maximum Gasteiger partial charge on any atom is 0.302 e. The SMILES string of the molecule is C=C(Br)CC1O[C@H](CO[Si](c2ccccc2)(c2ccccc2)C(C)(C)C)C[C@@H]1OC(C)=O. The van der Waals surface area contributed by atoms with E-state index >= 15 is 0 Å². The van der Waals surface area contributed by atoms with Gasteiger partial charge in [-0.05, 0) is 19.9 Å². The van der Waals surface area contributed by atoms with E-state index in [4.69, 9.17) is 13.9 Å². The van der Waals surface area contributed by atoms with E-state index in [9.17, 15) is 4.79 Å². The lowest BCUT2D eigenvalue weighted by Crippen LogP contribution is -2.67. The van der Waals surface area contributed by atoms with Crippen LogP contribution in [-0.2, 0) is 18.7 Å². The van der Waals surface area contributed by atoms with E-state index in [1.54, 1.807) is 0 Å². The molecule has 6 heteroatoms. The highest BCUT2D eigenvalue weighted by Crippen LogP contribution is 2.38. The van der Waals surface area contributed by atoms with Gasteiger partial charge < -0.3 is 13.9 Å². The molecule has 0 aromatic heterocycles. The van der Waals surface area contributed by atoms with Gasteiger partial charge in [0.2, 0.25) is 0 Å². The highest BCUT2D eigenvalue weighted by atomic mass is 79.9. The molecule has 1 saturated heterocycles. The Hall–Kier alpha value is -1.73. The summed E-state index contributed by atoms with van der Waals surface area (Å²) < 4.78 is 19.7. The van der Waals surface area contributed by atoms with Crippen LogP contribution in [0, 0.1) is 0 Å². The fourth-order valence-corrected chi connectivity index (χ4v) is 9.53. The van der Waals surface area contributed by atoms with Crippen molar-refractivity contribution in [1.29, 1.82) is 0 Å². The van der Waals surface area contributed by atoms with E-state index in [0.29, 0.717) is 19.4 Å². The van der Waals surface area contributed by atoms with E-state index in [0.717, 1.165) is 4.48 Å². The molecule has 0 saturated carbocycles. The molecule has 0 bridgehead atoms. The van der Waals surface area contributed by atoms with Crippen LogP contribution in [0.5, 0.6) is 0 Å². The topological polar surface area (TPSA) is 44.8 Å². The zero-order valence-corrected chi connectivity index (χ0v) is 21.9. The molecular weight excluding hydrogens is 484 g/mol. The van der Waals surface area contributed by atoms with Gasteiger partial charge >= 0.3 is 5.97 Å². The van der Waals surface area contributed by atoms with Crippen LogP contribution in [0.1, 0.15) is 40.5 Å². The van der Waals surface area contributed by atoms with E-state index in [1.165, 1.54) is 17.3 Å². The summed E-state index contributed by atoms with van der Waals surface area (Å²) >= 11 is 3.42. The Balaban J connectivity index is 1.91. The summed E-state index contributed by atoms with van der Waals surface area (Å²) in [5.74, 6) is -0.294. The largest absolute Gasteiger partial charge is 0.460 e. The number of hydrogen-bond acceptors (Lipinski definition) is 4. The first-order valence-electron chi connectivity index (χ1n) is 11.0. The van der Waals surface area contributed by atoms with Crippen molar-refractivity contribution in [3.8, 4) is 0 Å². The van der Waals surface area contributed by atoms with Crippen LogP contribution in [0.3, 0.4) is 0 Å². The van der Waals surface area contributed by atoms with Gasteiger partial charge in [0, 0.05) is 19.8 Å². The van der Waals surface area contributed by atoms with Crippen LogP contribution < -0.4 is 10.4 Å². The van der Waals surface area contributed by atoms with Crippen molar-refractivity contribution in [1.82, 2.24) is 0 Å². The van der Waals surface area contributed by atoms with Crippen molar-refractivity contribution < 1.29 is 18.7 Å². The summed E-state index contributed by atoms with van der Waals surface area (Å²) in [5.41, 5.74) is 0. The molecule has 0 aliphatic carbocycles. The number of halogens is 1. The molecule has 2 aromatic carbocycles. The number of rotatable bonds is 8. The minimum Gasteiger partial charge on any atom is -0.460 e. The molecule has 32 heavy (non-hydrogen) atoms. The van der Waals surface area contributed by atoms with Crippen molar-refractivity contribution in [3.63, 3.8) is 0 Å². The second-order valence-corrected chi connectivity index (χ2v) is 14.8. The molecule has 4 nitrogen and oxygen atoms in total. The summed E-state index contributed by atoms with van der Waals surface area (Å²) in [4.78, 5) is 11.6. The van der Waals surface area contributed by atoms with Crippen LogP contribution in [0.2, 0.25) is 5.04 Å².